The number of nitriles is 1. The van der Waals surface area contributed by atoms with Gasteiger partial charge in [-0.3, -0.25) is 14.6 Å². The molecule has 2 heterocycles. The van der Waals surface area contributed by atoms with Gasteiger partial charge in [0.25, 0.3) is 0 Å². The van der Waals surface area contributed by atoms with Gasteiger partial charge in [0.2, 0.25) is 11.8 Å². The van der Waals surface area contributed by atoms with Gasteiger partial charge in [0, 0.05) is 49.1 Å². The molecule has 12 nitrogen and oxygen atoms in total. The second-order valence-electron chi connectivity index (χ2n) is 10.2. The molecule has 3 rings (SSSR count). The van der Waals surface area contributed by atoms with Gasteiger partial charge in [0.05, 0.1) is 11.4 Å². The normalized spacial score (nSPS) is 10.8. The van der Waals surface area contributed by atoms with Gasteiger partial charge in [-0.05, 0) is 51.5 Å². The lowest BCUT2D eigenvalue weighted by molar-refractivity contribution is -0.121. The minimum absolute atomic E-state index is 0.0740. The third-order valence-electron chi connectivity index (χ3n) is 5.44. The average molecular weight is 591 g/mol. The number of aromatic nitrogens is 3. The number of carbonyl (C=O) groups is 3. The first kappa shape index (κ1) is 31.8. The molecule has 0 saturated heterocycles. The number of alkyl carbamates (subject to hydrolysis) is 1. The lowest BCUT2D eigenvalue weighted by atomic mass is 10.1. The van der Waals surface area contributed by atoms with E-state index in [1.807, 2.05) is 18.2 Å². The molecule has 0 aliphatic heterocycles. The van der Waals surface area contributed by atoms with E-state index in [1.54, 1.807) is 45.0 Å². The maximum atomic E-state index is 12.2. The highest BCUT2D eigenvalue weighted by atomic mass is 32.2. The maximum absolute atomic E-state index is 12.2. The molecule has 220 valence electrons. The number of rotatable bonds is 11. The molecule has 0 unspecified atom stereocenters. The van der Waals surface area contributed by atoms with Crippen LogP contribution in [0.15, 0.2) is 47.6 Å². The molecule has 0 spiro atoms. The highest BCUT2D eigenvalue weighted by molar-refractivity contribution is 7.98. The zero-order valence-corrected chi connectivity index (χ0v) is 24.8. The Morgan fingerprint density at radius 2 is 1.69 bits per heavy atom. The summed E-state index contributed by atoms with van der Waals surface area (Å²) in [6.45, 7) is 7.31. The molecule has 2 aromatic heterocycles. The number of benzene rings is 1. The molecule has 0 aliphatic rings. The van der Waals surface area contributed by atoms with Crippen LogP contribution in [0.1, 0.15) is 51.1 Å². The van der Waals surface area contributed by atoms with Crippen molar-refractivity contribution in [2.45, 2.75) is 57.0 Å². The van der Waals surface area contributed by atoms with Crippen molar-refractivity contribution in [2.75, 3.05) is 24.1 Å². The zero-order chi connectivity index (χ0) is 30.7. The summed E-state index contributed by atoms with van der Waals surface area (Å²) in [4.78, 5) is 48.7. The van der Waals surface area contributed by atoms with Gasteiger partial charge in [-0.2, -0.15) is 5.26 Å². The summed E-state index contributed by atoms with van der Waals surface area (Å²) in [5, 5.41) is 18.1. The third kappa shape index (κ3) is 10.4. The van der Waals surface area contributed by atoms with Crippen molar-refractivity contribution >= 4 is 41.2 Å². The second-order valence-corrected chi connectivity index (χ2v) is 11.1. The predicted molar refractivity (Wildman–Crippen MR) is 160 cm³/mol. The van der Waals surface area contributed by atoms with Gasteiger partial charge in [0.15, 0.2) is 5.16 Å². The molecule has 5 N–H and O–H groups in total. The quantitative estimate of drug-likeness (QED) is 0.145. The topological polar surface area (TPSA) is 185 Å². The van der Waals surface area contributed by atoms with E-state index < -0.39 is 11.7 Å². The van der Waals surface area contributed by atoms with E-state index in [-0.39, 0.29) is 42.7 Å². The lowest BCUT2D eigenvalue weighted by Gasteiger charge is -2.19. The Morgan fingerprint density at radius 1 is 1.00 bits per heavy atom. The number of hydrogen-bond acceptors (Lipinski definition) is 10. The van der Waals surface area contributed by atoms with Crippen LogP contribution in [0, 0.1) is 11.3 Å². The molecule has 0 aliphatic carbocycles. The van der Waals surface area contributed by atoms with Crippen molar-refractivity contribution in [3.05, 3.63) is 59.4 Å². The van der Waals surface area contributed by atoms with E-state index in [9.17, 15) is 19.6 Å². The Bertz CT molecular complexity index is 1470. The van der Waals surface area contributed by atoms with Crippen LogP contribution >= 0.6 is 11.8 Å². The number of nitrogen functional groups attached to an aromatic ring is 1. The molecule has 0 atom stereocenters. The smallest absolute Gasteiger partial charge is 0.407 e. The number of pyridine rings is 1. The number of nitrogens with two attached hydrogens (primary N) is 1. The largest absolute Gasteiger partial charge is 0.444 e. The zero-order valence-electron chi connectivity index (χ0n) is 24.0. The molecular weight excluding hydrogens is 556 g/mol. The van der Waals surface area contributed by atoms with Crippen molar-refractivity contribution in [3.8, 4) is 17.3 Å². The van der Waals surface area contributed by atoms with Gasteiger partial charge in [-0.1, -0.05) is 30.0 Å². The van der Waals surface area contributed by atoms with Gasteiger partial charge in [0.1, 0.15) is 23.1 Å². The van der Waals surface area contributed by atoms with Crippen LogP contribution in [-0.4, -0.2) is 51.6 Å². The number of nitrogens with one attached hydrogen (secondary N) is 3. The van der Waals surface area contributed by atoms with Gasteiger partial charge < -0.3 is 26.4 Å². The Hall–Kier alpha value is -4.70. The van der Waals surface area contributed by atoms with Crippen molar-refractivity contribution in [1.29, 1.82) is 5.26 Å². The predicted octanol–water partition coefficient (Wildman–Crippen LogP) is 3.82. The molecule has 0 fully saturated rings. The number of anilines is 2. The minimum atomic E-state index is -0.581. The van der Waals surface area contributed by atoms with Crippen molar-refractivity contribution in [1.82, 2.24) is 25.6 Å². The Labute approximate surface area is 248 Å². The van der Waals surface area contributed by atoms with Gasteiger partial charge in [-0.15, -0.1) is 0 Å². The number of carbonyl (C=O) groups excluding carboxylic acids is 3. The SMILES string of the molecule is CC(=O)Nc1ccc(-c2nc(SCc3cccc(CCC(=O)NCCNC(=O)OC(C)(C)C)n3)nc(N)c2C#N)cc1. The fourth-order valence-corrected chi connectivity index (χ4v) is 4.41. The second kappa shape index (κ2) is 14.8. The molecule has 0 radical (unpaired) electrons. The Kier molecular flexibility index (Phi) is 11.2. The van der Waals surface area contributed by atoms with E-state index in [0.717, 1.165) is 11.4 Å². The standard InChI is InChI=1S/C29H34N8O4S/c1-18(38)34-21-10-8-19(9-11-21)25-23(16-30)26(31)37-27(36-25)42-17-22-7-5-6-20(35-22)12-13-24(39)32-14-15-33-28(40)41-29(2,3)4/h5-11H,12-15,17H2,1-4H3,(H,32,39)(H,33,40)(H,34,38)(H2,31,36,37). The minimum Gasteiger partial charge on any atom is -0.444 e. The summed E-state index contributed by atoms with van der Waals surface area (Å²) in [5.74, 6) is 0.186. The summed E-state index contributed by atoms with van der Waals surface area (Å²) in [6.07, 6.45) is 0.163. The fourth-order valence-electron chi connectivity index (χ4n) is 3.65. The summed E-state index contributed by atoms with van der Waals surface area (Å²) in [6, 6.07) is 14.6. The van der Waals surface area contributed by atoms with Crippen LogP contribution in [-0.2, 0) is 26.5 Å². The first-order valence-electron chi connectivity index (χ1n) is 13.2. The lowest BCUT2D eigenvalue weighted by Crippen LogP contribution is -2.37. The van der Waals surface area contributed by atoms with Crippen LogP contribution in [0.25, 0.3) is 11.3 Å². The first-order chi connectivity index (χ1) is 19.9. The Balaban J connectivity index is 1.55. The molecular formula is C29H34N8O4S. The number of ether oxygens (including phenoxy) is 1. The van der Waals surface area contributed by atoms with E-state index in [1.165, 1.54) is 18.7 Å². The summed E-state index contributed by atoms with van der Waals surface area (Å²) in [5.41, 5.74) is 8.89. The van der Waals surface area contributed by atoms with Crippen LogP contribution in [0.3, 0.4) is 0 Å². The van der Waals surface area contributed by atoms with Crippen LogP contribution in [0.4, 0.5) is 16.3 Å². The third-order valence-corrected chi connectivity index (χ3v) is 6.33. The average Bonchev–Trinajstić information content (AvgIpc) is 2.92. The fraction of sp³-hybridized carbons (Fsp3) is 0.345. The summed E-state index contributed by atoms with van der Waals surface area (Å²) in [7, 11) is 0. The van der Waals surface area contributed by atoms with Crippen molar-refractivity contribution in [2.24, 2.45) is 0 Å². The van der Waals surface area contributed by atoms with E-state index in [0.29, 0.717) is 34.3 Å². The van der Waals surface area contributed by atoms with Crippen molar-refractivity contribution in [3.63, 3.8) is 0 Å². The molecule has 3 amide bonds. The summed E-state index contributed by atoms with van der Waals surface area (Å²) >= 11 is 1.32. The molecule has 0 bridgehead atoms. The van der Waals surface area contributed by atoms with Crippen LogP contribution in [0.5, 0.6) is 0 Å². The first-order valence-corrected chi connectivity index (χ1v) is 14.2. The van der Waals surface area contributed by atoms with Crippen LogP contribution < -0.4 is 21.7 Å². The molecule has 0 saturated carbocycles. The Morgan fingerprint density at radius 3 is 2.36 bits per heavy atom. The molecule has 13 heteroatoms. The van der Waals surface area contributed by atoms with Gasteiger partial charge >= 0.3 is 6.09 Å². The molecule has 42 heavy (non-hydrogen) atoms. The van der Waals surface area contributed by atoms with E-state index in [2.05, 4.69) is 37.0 Å². The molecule has 1 aromatic carbocycles. The monoisotopic (exact) mass is 590 g/mol. The maximum Gasteiger partial charge on any atom is 0.407 e. The number of aryl methyl sites for hydroxylation is 1. The highest BCUT2D eigenvalue weighted by Crippen LogP contribution is 2.29. The van der Waals surface area contributed by atoms with E-state index >= 15 is 0 Å². The number of thioether (sulfide) groups is 1. The van der Waals surface area contributed by atoms with E-state index in [4.69, 9.17) is 10.5 Å². The van der Waals surface area contributed by atoms with Crippen molar-refractivity contribution < 1.29 is 19.1 Å². The highest BCUT2D eigenvalue weighted by Gasteiger charge is 2.16. The number of hydrogen-bond donors (Lipinski definition) is 4. The number of nitrogens with zero attached hydrogens (tertiary/aromatic N) is 4. The molecule has 3 aromatic rings. The van der Waals surface area contributed by atoms with Gasteiger partial charge in [-0.25, -0.2) is 14.8 Å². The number of amides is 3. The summed E-state index contributed by atoms with van der Waals surface area (Å²) < 4.78 is 5.15. The van der Waals surface area contributed by atoms with Crippen LogP contribution in [0.2, 0.25) is 0 Å².